The number of nitrogens with zero attached hydrogens (tertiary/aromatic N) is 2. The molecule has 128 valence electrons. The number of aromatic nitrogens is 1. The molecule has 0 bridgehead atoms. The van der Waals surface area contributed by atoms with Crippen molar-refractivity contribution in [3.05, 3.63) is 41.8 Å². The van der Waals surface area contributed by atoms with Crippen LogP contribution < -0.4 is 5.32 Å². The Kier molecular flexibility index (Phi) is 5.18. The third-order valence-electron chi connectivity index (χ3n) is 4.58. The summed E-state index contributed by atoms with van der Waals surface area (Å²) >= 11 is 0. The van der Waals surface area contributed by atoms with Crippen LogP contribution in [0.4, 0.5) is 4.79 Å². The standard InChI is InChI=1S/C19H25N3O2/c1-14-3-5-16(6-4-14)18-21-17(13-24-18)7-10-20-19(23)22-11-8-15(2)9-12-22/h3-6,13,15H,7-12H2,1-2H3,(H,20,23). The van der Waals surface area contributed by atoms with Crippen molar-refractivity contribution < 1.29 is 9.21 Å². The first-order valence-corrected chi connectivity index (χ1v) is 8.66. The van der Waals surface area contributed by atoms with Gasteiger partial charge < -0.3 is 14.6 Å². The van der Waals surface area contributed by atoms with E-state index >= 15 is 0 Å². The van der Waals surface area contributed by atoms with Crippen molar-refractivity contribution in [2.24, 2.45) is 5.92 Å². The van der Waals surface area contributed by atoms with Gasteiger partial charge in [-0.1, -0.05) is 24.6 Å². The van der Waals surface area contributed by atoms with E-state index in [2.05, 4.69) is 24.1 Å². The first-order valence-electron chi connectivity index (χ1n) is 8.66. The lowest BCUT2D eigenvalue weighted by molar-refractivity contribution is 0.174. The topological polar surface area (TPSA) is 58.4 Å². The number of hydrogen-bond acceptors (Lipinski definition) is 3. The van der Waals surface area contributed by atoms with Crippen molar-refractivity contribution in [1.29, 1.82) is 0 Å². The second kappa shape index (κ2) is 7.51. The van der Waals surface area contributed by atoms with Gasteiger partial charge in [0.05, 0.1) is 5.69 Å². The Hall–Kier alpha value is -2.30. The van der Waals surface area contributed by atoms with E-state index in [-0.39, 0.29) is 6.03 Å². The second-order valence-corrected chi connectivity index (χ2v) is 6.66. The Balaban J connectivity index is 1.47. The van der Waals surface area contributed by atoms with Gasteiger partial charge in [-0.05, 0) is 37.8 Å². The molecule has 0 saturated carbocycles. The predicted octanol–water partition coefficient (Wildman–Crippen LogP) is 3.63. The molecule has 1 aromatic heterocycles. The summed E-state index contributed by atoms with van der Waals surface area (Å²) in [5.74, 6) is 1.35. The van der Waals surface area contributed by atoms with Crippen LogP contribution in [0.2, 0.25) is 0 Å². The molecule has 2 heterocycles. The van der Waals surface area contributed by atoms with Crippen LogP contribution in [0, 0.1) is 12.8 Å². The molecule has 1 aliphatic heterocycles. The number of amides is 2. The highest BCUT2D eigenvalue weighted by Gasteiger charge is 2.19. The molecule has 1 aliphatic rings. The Labute approximate surface area is 143 Å². The number of rotatable bonds is 4. The Morgan fingerprint density at radius 1 is 1.29 bits per heavy atom. The minimum Gasteiger partial charge on any atom is -0.444 e. The molecule has 0 radical (unpaired) electrons. The van der Waals surface area contributed by atoms with E-state index in [1.54, 1.807) is 6.26 Å². The average molecular weight is 327 g/mol. The molecule has 5 heteroatoms. The van der Waals surface area contributed by atoms with Crippen LogP contribution in [0.3, 0.4) is 0 Å². The number of hydrogen-bond donors (Lipinski definition) is 1. The molecule has 24 heavy (non-hydrogen) atoms. The summed E-state index contributed by atoms with van der Waals surface area (Å²) in [7, 11) is 0. The zero-order chi connectivity index (χ0) is 16.9. The number of oxazole rings is 1. The molecule has 1 fully saturated rings. The van der Waals surface area contributed by atoms with E-state index in [0.29, 0.717) is 18.9 Å². The van der Waals surface area contributed by atoms with Gasteiger partial charge in [0, 0.05) is 31.6 Å². The maximum Gasteiger partial charge on any atom is 0.317 e. The minimum atomic E-state index is 0.0316. The maximum atomic E-state index is 12.1. The van der Waals surface area contributed by atoms with Crippen molar-refractivity contribution in [3.63, 3.8) is 0 Å². The quantitative estimate of drug-likeness (QED) is 0.933. The third kappa shape index (κ3) is 4.16. The summed E-state index contributed by atoms with van der Waals surface area (Å²) in [5, 5.41) is 2.98. The van der Waals surface area contributed by atoms with E-state index in [9.17, 15) is 4.79 Å². The summed E-state index contributed by atoms with van der Waals surface area (Å²) in [6, 6.07) is 8.12. The highest BCUT2D eigenvalue weighted by atomic mass is 16.3. The van der Waals surface area contributed by atoms with Gasteiger partial charge in [0.25, 0.3) is 0 Å². The molecule has 0 atom stereocenters. The number of carbonyl (C=O) groups excluding carboxylic acids is 1. The van der Waals surface area contributed by atoms with Crippen LogP contribution in [-0.4, -0.2) is 35.5 Å². The van der Waals surface area contributed by atoms with E-state index in [0.717, 1.165) is 43.1 Å². The van der Waals surface area contributed by atoms with Crippen LogP contribution >= 0.6 is 0 Å². The van der Waals surface area contributed by atoms with Crippen LogP contribution in [0.5, 0.6) is 0 Å². The van der Waals surface area contributed by atoms with Crippen molar-refractivity contribution in [3.8, 4) is 11.5 Å². The summed E-state index contributed by atoms with van der Waals surface area (Å²) in [5.41, 5.74) is 3.04. The number of benzene rings is 1. The van der Waals surface area contributed by atoms with Gasteiger partial charge in [0.2, 0.25) is 5.89 Å². The molecule has 0 aliphatic carbocycles. The van der Waals surface area contributed by atoms with Gasteiger partial charge in [-0.2, -0.15) is 0 Å². The van der Waals surface area contributed by atoms with Gasteiger partial charge in [-0.3, -0.25) is 0 Å². The number of urea groups is 1. The normalized spacial score (nSPS) is 15.5. The van der Waals surface area contributed by atoms with Crippen molar-refractivity contribution in [2.75, 3.05) is 19.6 Å². The zero-order valence-corrected chi connectivity index (χ0v) is 14.4. The second-order valence-electron chi connectivity index (χ2n) is 6.66. The van der Waals surface area contributed by atoms with Crippen molar-refractivity contribution >= 4 is 6.03 Å². The largest absolute Gasteiger partial charge is 0.444 e. The molecular formula is C19H25N3O2. The summed E-state index contributed by atoms with van der Waals surface area (Å²) in [4.78, 5) is 18.5. The molecule has 5 nitrogen and oxygen atoms in total. The monoisotopic (exact) mass is 327 g/mol. The molecule has 1 aromatic carbocycles. The molecule has 1 saturated heterocycles. The minimum absolute atomic E-state index is 0.0316. The Bertz CT molecular complexity index is 670. The molecule has 0 unspecified atom stereocenters. The number of carbonyl (C=O) groups is 1. The predicted molar refractivity (Wildman–Crippen MR) is 93.7 cm³/mol. The van der Waals surface area contributed by atoms with Gasteiger partial charge in [0.1, 0.15) is 6.26 Å². The maximum absolute atomic E-state index is 12.1. The SMILES string of the molecule is Cc1ccc(-c2nc(CCNC(=O)N3CCC(C)CC3)co2)cc1. The van der Waals surface area contributed by atoms with E-state index < -0.39 is 0 Å². The van der Waals surface area contributed by atoms with E-state index in [4.69, 9.17) is 4.42 Å². The highest BCUT2D eigenvalue weighted by molar-refractivity contribution is 5.74. The van der Waals surface area contributed by atoms with Gasteiger partial charge >= 0.3 is 6.03 Å². The van der Waals surface area contributed by atoms with Crippen LogP contribution in [0.1, 0.15) is 31.0 Å². The van der Waals surface area contributed by atoms with Crippen molar-refractivity contribution in [2.45, 2.75) is 33.1 Å². The number of aryl methyl sites for hydroxylation is 1. The molecule has 1 N–H and O–H groups in total. The molecular weight excluding hydrogens is 302 g/mol. The molecule has 3 rings (SSSR count). The third-order valence-corrected chi connectivity index (χ3v) is 4.58. The van der Waals surface area contributed by atoms with Gasteiger partial charge in [0.15, 0.2) is 0 Å². The van der Waals surface area contributed by atoms with Crippen LogP contribution in [-0.2, 0) is 6.42 Å². The Morgan fingerprint density at radius 3 is 2.71 bits per heavy atom. The first-order chi connectivity index (χ1) is 11.6. The highest BCUT2D eigenvalue weighted by Crippen LogP contribution is 2.19. The fourth-order valence-electron chi connectivity index (χ4n) is 2.87. The summed E-state index contributed by atoms with van der Waals surface area (Å²) in [6.07, 6.45) is 4.53. The van der Waals surface area contributed by atoms with E-state index in [1.807, 2.05) is 29.2 Å². The smallest absolute Gasteiger partial charge is 0.317 e. The number of piperidine rings is 1. The van der Waals surface area contributed by atoms with Gasteiger partial charge in [-0.15, -0.1) is 0 Å². The lowest BCUT2D eigenvalue weighted by atomic mass is 10.00. The fourth-order valence-corrected chi connectivity index (χ4v) is 2.87. The van der Waals surface area contributed by atoms with Crippen LogP contribution in [0.25, 0.3) is 11.5 Å². The first kappa shape index (κ1) is 16.6. The zero-order valence-electron chi connectivity index (χ0n) is 14.4. The molecule has 2 amide bonds. The van der Waals surface area contributed by atoms with E-state index in [1.165, 1.54) is 5.56 Å². The number of nitrogens with one attached hydrogen (secondary N) is 1. The van der Waals surface area contributed by atoms with Crippen molar-refractivity contribution in [1.82, 2.24) is 15.2 Å². The average Bonchev–Trinajstić information content (AvgIpc) is 3.05. The molecule has 0 spiro atoms. The van der Waals surface area contributed by atoms with Gasteiger partial charge in [-0.25, -0.2) is 9.78 Å². The molecule has 2 aromatic rings. The van der Waals surface area contributed by atoms with Crippen LogP contribution in [0.15, 0.2) is 34.9 Å². The Morgan fingerprint density at radius 2 is 2.00 bits per heavy atom. The lowest BCUT2D eigenvalue weighted by Gasteiger charge is -2.30. The summed E-state index contributed by atoms with van der Waals surface area (Å²) < 4.78 is 5.54. The fraction of sp³-hybridized carbons (Fsp3) is 0.474. The summed E-state index contributed by atoms with van der Waals surface area (Å²) in [6.45, 7) is 6.58. The lowest BCUT2D eigenvalue weighted by Crippen LogP contribution is -2.44. The number of likely N-dealkylation sites (tertiary alicyclic amines) is 1.